The van der Waals surface area contributed by atoms with Crippen LogP contribution in [0.5, 0.6) is 5.88 Å². The first-order valence-corrected chi connectivity index (χ1v) is 21.5. The van der Waals surface area contributed by atoms with Gasteiger partial charge in [0.1, 0.15) is 22.7 Å². The van der Waals surface area contributed by atoms with Gasteiger partial charge in [0.05, 0.1) is 54.8 Å². The molecule has 9 aromatic rings. The van der Waals surface area contributed by atoms with Crippen molar-refractivity contribution >= 4 is 94.9 Å². The number of hydrogen-bond donors (Lipinski definition) is 2. The van der Waals surface area contributed by atoms with Crippen molar-refractivity contribution in [3.63, 3.8) is 0 Å². The number of carbonyl (C=O) groups excluding carboxylic acids is 1. The number of carbonyl (C=O) groups is 1. The lowest BCUT2D eigenvalue weighted by Gasteiger charge is -2.18. The summed E-state index contributed by atoms with van der Waals surface area (Å²) in [7, 11) is 8.58. The van der Waals surface area contributed by atoms with Crippen molar-refractivity contribution in [3.8, 4) is 28.1 Å². The highest BCUT2D eigenvalue weighted by Gasteiger charge is 2.38. The maximum Gasteiger partial charge on any atom is 0.364 e. The molecule has 6 heterocycles. The fourth-order valence-electron chi connectivity index (χ4n) is 9.08. The van der Waals surface area contributed by atoms with Gasteiger partial charge in [0.25, 0.3) is 0 Å². The van der Waals surface area contributed by atoms with Gasteiger partial charge in [-0.25, -0.2) is 71.2 Å². The van der Waals surface area contributed by atoms with Gasteiger partial charge in [-0.3, -0.25) is 0 Å². The summed E-state index contributed by atoms with van der Waals surface area (Å²) in [6, 6.07) is 3.39. The Kier molecular flexibility index (Phi) is 11.4. The number of aromatic amines is 2. The average Bonchev–Trinajstić information content (AvgIpc) is 4.20. The molecule has 0 fully saturated rings. The Labute approximate surface area is 409 Å². The molecular formula is C49H30F14N8O4. The number of nitrogens with one attached hydrogen (secondary N) is 2. The minimum atomic E-state index is -2.21. The summed E-state index contributed by atoms with van der Waals surface area (Å²) in [5.74, 6) is -30.6. The first-order chi connectivity index (χ1) is 35.3. The van der Waals surface area contributed by atoms with Crippen LogP contribution in [0, 0.1) is 81.4 Å². The third-order valence-electron chi connectivity index (χ3n) is 12.3. The van der Waals surface area contributed by atoms with Crippen molar-refractivity contribution < 1.29 is 79.8 Å². The highest BCUT2D eigenvalue weighted by Crippen LogP contribution is 2.47. The van der Waals surface area contributed by atoms with Crippen LogP contribution in [0.1, 0.15) is 10.5 Å². The zero-order valence-electron chi connectivity index (χ0n) is 39.4. The predicted octanol–water partition coefficient (Wildman–Crippen LogP) is 12.6. The fourth-order valence-corrected chi connectivity index (χ4v) is 9.08. The van der Waals surface area contributed by atoms with E-state index in [-0.39, 0.29) is 0 Å². The largest absolute Gasteiger partial charge is 0.434 e. The first kappa shape index (κ1) is 49.9. The van der Waals surface area contributed by atoms with Crippen molar-refractivity contribution in [2.45, 2.75) is 0 Å². The van der Waals surface area contributed by atoms with Crippen molar-refractivity contribution in [1.29, 1.82) is 0 Å². The molecule has 1 aliphatic rings. The summed E-state index contributed by atoms with van der Waals surface area (Å²) in [6.45, 7) is 0. The minimum Gasteiger partial charge on any atom is -0.434 e. The second-order valence-corrected chi connectivity index (χ2v) is 17.7. The molecule has 2 N–H and O–H groups in total. The lowest BCUT2D eigenvalue weighted by Crippen LogP contribution is -2.16. The van der Waals surface area contributed by atoms with Crippen LogP contribution in [-0.4, -0.2) is 82.3 Å². The number of hydrogen-bond acceptors (Lipinski definition) is 10. The van der Waals surface area contributed by atoms with Gasteiger partial charge < -0.3 is 43.1 Å². The lowest BCUT2D eigenvalue weighted by molar-refractivity contribution is 0.0755. The van der Waals surface area contributed by atoms with Gasteiger partial charge in [0.15, 0.2) is 98.3 Å². The number of H-pyrrole nitrogens is 2. The van der Waals surface area contributed by atoms with Crippen LogP contribution in [0.2, 0.25) is 0 Å². The quantitative estimate of drug-likeness (QED) is 0.0945. The molecule has 12 nitrogen and oxygen atoms in total. The normalized spacial score (nSPS) is 12.3. The van der Waals surface area contributed by atoms with Gasteiger partial charge in [-0.15, -0.1) is 0 Å². The molecule has 0 atom stereocenters. The van der Waals surface area contributed by atoms with Gasteiger partial charge in [-0.05, 0) is 24.3 Å². The number of anilines is 4. The Morgan fingerprint density at radius 1 is 0.373 bits per heavy atom. The molecule has 0 radical (unpaired) electrons. The third kappa shape index (κ3) is 7.00. The molecule has 1 aliphatic heterocycles. The maximum absolute atomic E-state index is 16.6. The van der Waals surface area contributed by atoms with E-state index in [0.29, 0.717) is 9.80 Å². The maximum atomic E-state index is 16.6. The van der Waals surface area contributed by atoms with E-state index in [1.54, 1.807) is 0 Å². The standard InChI is InChI=1S/C49H30F14N8O4/c1-68(2)40-31(56)25(50)21(26(51)32(40)57)17-13-9-10-15(64-13)19-23-29(54)35(60)42(70(5)6)37(62)44(23)73-47(19)67-48-20(24-30(55)36(61)43(71(7)8)38(63)45(24)74-48)16-12-11-14(65-16)18(46-66-39(17)49(72)75-46)22-27(52)33(58)41(69(3)4)34(59)28(22)53/h9-12,64-65H,1-8H3. The molecule has 0 spiro atoms. The summed E-state index contributed by atoms with van der Waals surface area (Å²) >= 11 is 0. The van der Waals surface area contributed by atoms with E-state index >= 15 is 61.5 Å². The Balaban J connectivity index is 1.55. The topological polar surface area (TPSA) is 123 Å². The number of furan rings is 2. The number of esters is 1. The van der Waals surface area contributed by atoms with Crippen molar-refractivity contribution in [1.82, 2.24) is 19.9 Å². The van der Waals surface area contributed by atoms with Crippen molar-refractivity contribution in [2.75, 3.05) is 76.0 Å². The summed E-state index contributed by atoms with van der Waals surface area (Å²) in [6.07, 6.45) is 0. The Bertz CT molecular complexity index is 4160. The molecule has 6 bridgehead atoms. The van der Waals surface area contributed by atoms with Crippen molar-refractivity contribution in [2.24, 2.45) is 0 Å². The first-order valence-electron chi connectivity index (χ1n) is 21.5. The fraction of sp³-hybridized carbons (Fsp3) is 0.163. The van der Waals surface area contributed by atoms with Gasteiger partial charge in [0.2, 0.25) is 17.3 Å². The number of ether oxygens (including phenoxy) is 1. The van der Waals surface area contributed by atoms with Crippen LogP contribution in [0.3, 0.4) is 0 Å². The van der Waals surface area contributed by atoms with E-state index in [1.165, 1.54) is 0 Å². The zero-order valence-corrected chi connectivity index (χ0v) is 39.4. The lowest BCUT2D eigenvalue weighted by atomic mass is 10.0. The monoisotopic (exact) mass is 1060 g/mol. The average molecular weight is 1060 g/mol. The van der Waals surface area contributed by atoms with E-state index in [9.17, 15) is 4.79 Å². The summed E-state index contributed by atoms with van der Waals surface area (Å²) < 4.78 is 245. The summed E-state index contributed by atoms with van der Waals surface area (Å²) in [5.41, 5.74) is -19.0. The highest BCUT2D eigenvalue weighted by atomic mass is 19.2. The molecule has 0 unspecified atom stereocenters. The molecule has 0 aliphatic carbocycles. The molecule has 75 heavy (non-hydrogen) atoms. The summed E-state index contributed by atoms with van der Waals surface area (Å²) in [4.78, 5) is 30.4. The van der Waals surface area contributed by atoms with Crippen LogP contribution in [0.4, 0.5) is 84.2 Å². The van der Waals surface area contributed by atoms with Gasteiger partial charge in [-0.2, -0.15) is 4.98 Å². The molecule has 4 aromatic carbocycles. The van der Waals surface area contributed by atoms with Gasteiger partial charge in [-0.1, -0.05) is 0 Å². The Morgan fingerprint density at radius 3 is 1.07 bits per heavy atom. The van der Waals surface area contributed by atoms with E-state index in [1.807, 2.05) is 0 Å². The number of halogens is 14. The second-order valence-electron chi connectivity index (χ2n) is 17.7. The SMILES string of the molecule is CN(C)c1c(F)c(F)c(-c2c3nc(c(-c4c(F)c(F)c(N(C)C)c(F)c4F)c4ccc([nH]4)c4c(nc5oc6c(F)c(N(C)C)c(F)c(F)c6c5c5ccc2[nH]5)oc2c(F)c(N(C)C)c(F)c(F)c24)C(=O)O3)c(F)c1F. The minimum absolute atomic E-state index is 0.621. The highest BCUT2D eigenvalue weighted by molar-refractivity contribution is 6.16. The van der Waals surface area contributed by atoms with Crippen LogP contribution in [0.15, 0.2) is 33.1 Å². The van der Waals surface area contributed by atoms with E-state index < -0.39 is 210 Å². The Morgan fingerprint density at radius 2 is 0.693 bits per heavy atom. The number of fused-ring (bicyclic) bond motifs is 14. The Hall–Kier alpha value is -8.71. The van der Waals surface area contributed by atoms with Crippen LogP contribution in [-0.2, 0) is 0 Å². The van der Waals surface area contributed by atoms with E-state index in [2.05, 4.69) is 19.9 Å². The smallest absolute Gasteiger partial charge is 0.364 e. The molecule has 0 saturated heterocycles. The zero-order chi connectivity index (χ0) is 54.4. The molecule has 26 heteroatoms. The number of nitrogens with zero attached hydrogens (tertiary/aromatic N) is 6. The summed E-state index contributed by atoms with van der Waals surface area (Å²) in [5, 5.41) is -3.78. The molecule has 0 amide bonds. The number of rotatable bonds is 6. The van der Waals surface area contributed by atoms with Crippen molar-refractivity contribution in [3.05, 3.63) is 111 Å². The number of benzene rings is 4. The third-order valence-corrected chi connectivity index (χ3v) is 12.3. The van der Waals surface area contributed by atoms with Gasteiger partial charge >= 0.3 is 5.97 Å². The second kappa shape index (κ2) is 17.2. The molecule has 0 saturated carbocycles. The van der Waals surface area contributed by atoms with Crippen LogP contribution in [0.25, 0.3) is 88.5 Å². The predicted molar refractivity (Wildman–Crippen MR) is 248 cm³/mol. The van der Waals surface area contributed by atoms with Crippen LogP contribution < -0.4 is 24.3 Å². The molecule has 10 rings (SSSR count). The molecule has 388 valence electrons. The molecule has 5 aromatic heterocycles. The molecular weight excluding hydrogens is 1030 g/mol. The van der Waals surface area contributed by atoms with E-state index in [0.717, 1.165) is 90.4 Å². The number of aromatic nitrogens is 4. The van der Waals surface area contributed by atoms with Crippen LogP contribution >= 0.6 is 0 Å². The van der Waals surface area contributed by atoms with E-state index in [4.69, 9.17) is 13.6 Å². The van der Waals surface area contributed by atoms with Gasteiger partial charge in [0, 0.05) is 67.5 Å².